The summed E-state index contributed by atoms with van der Waals surface area (Å²) in [6.07, 6.45) is 10.9. The topological polar surface area (TPSA) is 77.8 Å². The number of nitrogens with zero attached hydrogens (tertiary/aromatic N) is 5. The van der Waals surface area contributed by atoms with Crippen molar-refractivity contribution in [2.45, 2.75) is 51.5 Å². The highest BCUT2D eigenvalue weighted by atomic mass is 16.5. The third-order valence-corrected chi connectivity index (χ3v) is 5.14. The molecule has 0 amide bonds. The van der Waals surface area contributed by atoms with E-state index in [-0.39, 0.29) is 0 Å². The van der Waals surface area contributed by atoms with Gasteiger partial charge < -0.3 is 14.6 Å². The number of nitrogens with one attached hydrogen (secondary N) is 1. The lowest BCUT2D eigenvalue weighted by Crippen LogP contribution is -2.13. The molecule has 1 aliphatic rings. The second-order valence-electron chi connectivity index (χ2n) is 7.03. The van der Waals surface area contributed by atoms with Gasteiger partial charge in [0.1, 0.15) is 5.52 Å². The summed E-state index contributed by atoms with van der Waals surface area (Å²) in [7, 11) is 1.61. The number of anilines is 1. The van der Waals surface area contributed by atoms with Gasteiger partial charge in [-0.25, -0.2) is 19.9 Å². The van der Waals surface area contributed by atoms with Crippen LogP contribution in [0.1, 0.15) is 51.5 Å². The van der Waals surface area contributed by atoms with Gasteiger partial charge in [0.25, 0.3) is 0 Å². The smallest absolute Gasteiger partial charge is 0.212 e. The monoisotopic (exact) mass is 366 g/mol. The van der Waals surface area contributed by atoms with Crippen LogP contribution < -0.4 is 10.1 Å². The Bertz CT molecular complexity index is 899. The summed E-state index contributed by atoms with van der Waals surface area (Å²) >= 11 is 0. The van der Waals surface area contributed by atoms with Gasteiger partial charge in [0, 0.05) is 30.4 Å². The Morgan fingerprint density at radius 3 is 2.70 bits per heavy atom. The van der Waals surface area contributed by atoms with Crippen molar-refractivity contribution in [2.24, 2.45) is 0 Å². The number of hydrogen-bond acceptors (Lipinski definition) is 6. The van der Waals surface area contributed by atoms with Crippen molar-refractivity contribution in [2.75, 3.05) is 19.0 Å². The van der Waals surface area contributed by atoms with Crippen molar-refractivity contribution in [1.29, 1.82) is 0 Å². The lowest BCUT2D eigenvalue weighted by atomic mass is 9.95. The largest absolute Gasteiger partial charge is 0.481 e. The standard InChI is InChI=1S/C20H26N6O/c1-3-11-21-19-17-20(26(13-23-17)15-7-5-4-6-8-15)25-18(24-19)14-9-10-16(27-2)22-12-14/h9-10,12-13,15H,3-8,11H2,1-2H3,(H,21,24,25). The summed E-state index contributed by atoms with van der Waals surface area (Å²) in [5.41, 5.74) is 2.62. The van der Waals surface area contributed by atoms with Crippen LogP contribution in [0.2, 0.25) is 0 Å². The molecule has 1 N–H and O–H groups in total. The van der Waals surface area contributed by atoms with Crippen molar-refractivity contribution in [3.05, 3.63) is 24.7 Å². The van der Waals surface area contributed by atoms with E-state index in [1.807, 2.05) is 18.5 Å². The molecule has 7 heteroatoms. The average molecular weight is 366 g/mol. The number of fused-ring (bicyclic) bond motifs is 1. The highest BCUT2D eigenvalue weighted by molar-refractivity contribution is 5.85. The van der Waals surface area contributed by atoms with E-state index < -0.39 is 0 Å². The van der Waals surface area contributed by atoms with Gasteiger partial charge in [0.15, 0.2) is 17.3 Å². The Morgan fingerprint density at radius 2 is 2.00 bits per heavy atom. The first-order chi connectivity index (χ1) is 13.3. The molecule has 0 bridgehead atoms. The molecule has 0 aromatic carbocycles. The molecular weight excluding hydrogens is 340 g/mol. The maximum atomic E-state index is 5.16. The molecule has 0 aliphatic heterocycles. The first-order valence-electron chi connectivity index (χ1n) is 9.79. The number of rotatable bonds is 6. The first kappa shape index (κ1) is 17.7. The molecule has 0 spiro atoms. The summed E-state index contributed by atoms with van der Waals surface area (Å²) in [4.78, 5) is 18.6. The van der Waals surface area contributed by atoms with Gasteiger partial charge in [-0.3, -0.25) is 0 Å². The minimum atomic E-state index is 0.472. The quantitative estimate of drug-likeness (QED) is 0.704. The van der Waals surface area contributed by atoms with Crippen LogP contribution in [0, 0.1) is 0 Å². The normalized spacial score (nSPS) is 15.2. The van der Waals surface area contributed by atoms with Crippen molar-refractivity contribution >= 4 is 17.0 Å². The number of aromatic nitrogens is 5. The van der Waals surface area contributed by atoms with E-state index in [1.165, 1.54) is 32.1 Å². The van der Waals surface area contributed by atoms with E-state index in [0.717, 1.165) is 35.5 Å². The van der Waals surface area contributed by atoms with Gasteiger partial charge in [0.05, 0.1) is 13.4 Å². The Kier molecular flexibility index (Phi) is 5.18. The highest BCUT2D eigenvalue weighted by Crippen LogP contribution is 2.32. The third kappa shape index (κ3) is 3.59. The Hall–Kier alpha value is -2.70. The van der Waals surface area contributed by atoms with Gasteiger partial charge in [-0.1, -0.05) is 26.2 Å². The molecule has 27 heavy (non-hydrogen) atoms. The number of imidazole rings is 1. The summed E-state index contributed by atoms with van der Waals surface area (Å²) < 4.78 is 7.40. The third-order valence-electron chi connectivity index (χ3n) is 5.14. The van der Waals surface area contributed by atoms with Crippen LogP contribution in [0.5, 0.6) is 5.88 Å². The summed E-state index contributed by atoms with van der Waals surface area (Å²) in [6.45, 7) is 2.99. The SMILES string of the molecule is CCCNc1nc(-c2ccc(OC)nc2)nc2c1ncn2C1CCCCC1. The van der Waals surface area contributed by atoms with Gasteiger partial charge in [0.2, 0.25) is 5.88 Å². The van der Waals surface area contributed by atoms with Crippen molar-refractivity contribution in [1.82, 2.24) is 24.5 Å². The van der Waals surface area contributed by atoms with E-state index in [1.54, 1.807) is 13.3 Å². The molecule has 142 valence electrons. The fraction of sp³-hybridized carbons (Fsp3) is 0.500. The summed E-state index contributed by atoms with van der Waals surface area (Å²) in [5, 5.41) is 3.41. The number of hydrogen-bond donors (Lipinski definition) is 1. The van der Waals surface area contributed by atoms with Crippen LogP contribution in [0.15, 0.2) is 24.7 Å². The lowest BCUT2D eigenvalue weighted by Gasteiger charge is -2.23. The van der Waals surface area contributed by atoms with E-state index in [2.05, 4.69) is 26.8 Å². The number of pyridine rings is 1. The molecule has 3 heterocycles. The van der Waals surface area contributed by atoms with Gasteiger partial charge in [-0.15, -0.1) is 0 Å². The molecular formula is C20H26N6O. The van der Waals surface area contributed by atoms with Crippen LogP contribution in [-0.2, 0) is 0 Å². The molecule has 0 saturated heterocycles. The summed E-state index contributed by atoms with van der Waals surface area (Å²) in [5.74, 6) is 2.03. The molecule has 4 rings (SSSR count). The number of ether oxygens (including phenoxy) is 1. The molecule has 7 nitrogen and oxygen atoms in total. The zero-order valence-electron chi connectivity index (χ0n) is 16.0. The van der Waals surface area contributed by atoms with Crippen molar-refractivity contribution in [3.8, 4) is 17.3 Å². The van der Waals surface area contributed by atoms with Crippen LogP contribution in [0.3, 0.4) is 0 Å². The maximum absolute atomic E-state index is 5.16. The Balaban J connectivity index is 1.80. The molecule has 3 aromatic heterocycles. The lowest BCUT2D eigenvalue weighted by molar-refractivity contribution is 0.358. The Morgan fingerprint density at radius 1 is 1.15 bits per heavy atom. The second kappa shape index (κ2) is 7.90. The van der Waals surface area contributed by atoms with E-state index in [0.29, 0.717) is 17.7 Å². The van der Waals surface area contributed by atoms with Gasteiger partial charge >= 0.3 is 0 Å². The van der Waals surface area contributed by atoms with Crippen LogP contribution in [-0.4, -0.2) is 38.2 Å². The molecule has 1 saturated carbocycles. The first-order valence-corrected chi connectivity index (χ1v) is 9.79. The molecule has 0 unspecified atom stereocenters. The van der Waals surface area contributed by atoms with Crippen LogP contribution >= 0.6 is 0 Å². The minimum Gasteiger partial charge on any atom is -0.481 e. The molecule has 1 fully saturated rings. The van der Waals surface area contributed by atoms with E-state index >= 15 is 0 Å². The predicted octanol–water partition coefficient (Wildman–Crippen LogP) is 4.22. The molecule has 0 atom stereocenters. The number of methoxy groups -OCH3 is 1. The van der Waals surface area contributed by atoms with E-state index in [4.69, 9.17) is 14.7 Å². The zero-order chi connectivity index (χ0) is 18.6. The highest BCUT2D eigenvalue weighted by Gasteiger charge is 2.21. The minimum absolute atomic E-state index is 0.472. The van der Waals surface area contributed by atoms with Gasteiger partial charge in [-0.2, -0.15) is 0 Å². The fourth-order valence-electron chi connectivity index (χ4n) is 3.67. The van der Waals surface area contributed by atoms with Crippen molar-refractivity contribution < 1.29 is 4.74 Å². The van der Waals surface area contributed by atoms with Crippen LogP contribution in [0.4, 0.5) is 5.82 Å². The predicted molar refractivity (Wildman–Crippen MR) is 106 cm³/mol. The zero-order valence-corrected chi connectivity index (χ0v) is 16.0. The Labute approximate surface area is 159 Å². The summed E-state index contributed by atoms with van der Waals surface area (Å²) in [6, 6.07) is 4.25. The second-order valence-corrected chi connectivity index (χ2v) is 7.03. The molecule has 1 aliphatic carbocycles. The van der Waals surface area contributed by atoms with E-state index in [9.17, 15) is 0 Å². The molecule has 0 radical (unpaired) electrons. The van der Waals surface area contributed by atoms with Gasteiger partial charge in [-0.05, 0) is 25.3 Å². The average Bonchev–Trinajstić information content (AvgIpc) is 3.17. The molecule has 3 aromatic rings. The van der Waals surface area contributed by atoms with Crippen molar-refractivity contribution in [3.63, 3.8) is 0 Å². The maximum Gasteiger partial charge on any atom is 0.212 e. The fourth-order valence-corrected chi connectivity index (χ4v) is 3.67. The van der Waals surface area contributed by atoms with Crippen LogP contribution in [0.25, 0.3) is 22.6 Å².